The highest BCUT2D eigenvalue weighted by atomic mass is 31.1. The van der Waals surface area contributed by atoms with Gasteiger partial charge in [0.05, 0.1) is 0 Å². The Morgan fingerprint density at radius 3 is 2.53 bits per heavy atom. The smallest absolute Gasteiger partial charge is 0.445 e. The highest BCUT2D eigenvalue weighted by Crippen LogP contribution is 2.25. The van der Waals surface area contributed by atoms with Crippen LogP contribution in [0.3, 0.4) is 0 Å². The normalized spacial score (nSPS) is 12.9. The second kappa shape index (κ2) is 7.87. The van der Waals surface area contributed by atoms with E-state index in [0.29, 0.717) is 6.42 Å². The molecule has 104 valence electrons. The molecule has 2 atom stereocenters. The predicted molar refractivity (Wildman–Crippen MR) is 72.8 cm³/mol. The summed E-state index contributed by atoms with van der Waals surface area (Å²) in [6, 6.07) is 9.25. The Hall–Kier alpha value is -1.45. The number of hydrogen-bond acceptors (Lipinski definition) is 3. The van der Waals surface area contributed by atoms with Crippen LogP contribution in [0.15, 0.2) is 30.3 Å². The first kappa shape index (κ1) is 15.6. The van der Waals surface area contributed by atoms with Crippen LogP contribution in [0, 0.1) is 5.92 Å². The third kappa shape index (κ3) is 6.32. The summed E-state index contributed by atoms with van der Waals surface area (Å²) in [5.41, 5.74) is 0.867. The van der Waals surface area contributed by atoms with Gasteiger partial charge in [0.15, 0.2) is 0 Å². The molecule has 0 saturated carbocycles. The molecule has 0 fully saturated rings. The summed E-state index contributed by atoms with van der Waals surface area (Å²) in [5, 5.41) is 2.42. The van der Waals surface area contributed by atoms with Crippen LogP contribution >= 0.6 is 8.03 Å². The van der Waals surface area contributed by atoms with Gasteiger partial charge in [0.25, 0.3) is 5.78 Å². The standard InChI is InChI=1S/C13H18NO4P/c1-10(2)8-12(19(16)17)14-13(15)18-9-11-6-4-3-5-7-11/h3-7,10,12H,8-9H2,1-2H3,(H-,14,15,16,17)/p+1/t12-/m0/s1. The first-order valence-electron chi connectivity index (χ1n) is 6.11. The Balaban J connectivity index is 2.42. The maximum absolute atomic E-state index is 11.5. The van der Waals surface area contributed by atoms with Crippen molar-refractivity contribution >= 4 is 14.1 Å². The number of alkyl carbamates (subject to hydrolysis) is 1. The SMILES string of the molecule is CC(C)C[C@@H](NC(=O)OCc1ccccc1)[P+](=O)O. The Labute approximate surface area is 113 Å². The van der Waals surface area contributed by atoms with Crippen molar-refractivity contribution in [1.82, 2.24) is 5.32 Å². The van der Waals surface area contributed by atoms with Crippen molar-refractivity contribution in [2.24, 2.45) is 5.92 Å². The van der Waals surface area contributed by atoms with E-state index in [9.17, 15) is 9.36 Å². The molecule has 1 unspecified atom stereocenters. The number of nitrogens with one attached hydrogen (secondary N) is 1. The number of hydrogen-bond donors (Lipinski definition) is 2. The van der Waals surface area contributed by atoms with Crippen LogP contribution in [0.4, 0.5) is 4.79 Å². The van der Waals surface area contributed by atoms with Gasteiger partial charge in [-0.05, 0) is 16.0 Å². The van der Waals surface area contributed by atoms with E-state index in [-0.39, 0.29) is 12.5 Å². The van der Waals surface area contributed by atoms with E-state index in [1.54, 1.807) is 0 Å². The lowest BCUT2D eigenvalue weighted by Crippen LogP contribution is -2.33. The Morgan fingerprint density at radius 1 is 1.37 bits per heavy atom. The minimum atomic E-state index is -2.46. The molecule has 0 saturated heterocycles. The molecule has 0 spiro atoms. The fraction of sp³-hybridized carbons (Fsp3) is 0.462. The maximum atomic E-state index is 11.5. The molecule has 5 nitrogen and oxygen atoms in total. The molecule has 6 heteroatoms. The molecule has 0 radical (unpaired) electrons. The number of amides is 1. The van der Waals surface area contributed by atoms with E-state index >= 15 is 0 Å². The molecular formula is C13H19NO4P+. The third-order valence-corrected chi connectivity index (χ3v) is 3.33. The van der Waals surface area contributed by atoms with Gasteiger partial charge in [-0.3, -0.25) is 5.32 Å². The lowest BCUT2D eigenvalue weighted by atomic mass is 10.1. The topological polar surface area (TPSA) is 75.6 Å². The van der Waals surface area contributed by atoms with Crippen LogP contribution in [-0.4, -0.2) is 16.8 Å². The first-order valence-corrected chi connectivity index (χ1v) is 7.39. The quantitative estimate of drug-likeness (QED) is 0.787. The molecule has 0 bridgehead atoms. The van der Waals surface area contributed by atoms with Crippen LogP contribution in [0.2, 0.25) is 0 Å². The highest BCUT2D eigenvalue weighted by Gasteiger charge is 2.31. The number of carbonyl (C=O) groups excluding carboxylic acids is 1. The van der Waals surface area contributed by atoms with Crippen LogP contribution in [0.25, 0.3) is 0 Å². The summed E-state index contributed by atoms with van der Waals surface area (Å²) in [7, 11) is -2.46. The van der Waals surface area contributed by atoms with Gasteiger partial charge in [0, 0.05) is 6.42 Å². The van der Waals surface area contributed by atoms with Crippen LogP contribution in [0.5, 0.6) is 0 Å². The molecule has 1 aromatic carbocycles. The summed E-state index contributed by atoms with van der Waals surface area (Å²) in [6.45, 7) is 3.98. The number of benzene rings is 1. The number of ether oxygens (including phenoxy) is 1. The van der Waals surface area contributed by atoms with Gasteiger partial charge >= 0.3 is 14.1 Å². The van der Waals surface area contributed by atoms with Crippen molar-refractivity contribution in [3.05, 3.63) is 35.9 Å². The van der Waals surface area contributed by atoms with Gasteiger partial charge in [0.2, 0.25) is 0 Å². The molecule has 1 amide bonds. The molecule has 0 heterocycles. The molecule has 0 aliphatic heterocycles. The molecule has 0 aliphatic rings. The third-order valence-electron chi connectivity index (χ3n) is 2.46. The second-order valence-corrected chi connectivity index (χ2v) is 5.88. The molecule has 0 aromatic heterocycles. The maximum Gasteiger partial charge on any atom is 0.530 e. The van der Waals surface area contributed by atoms with Gasteiger partial charge < -0.3 is 4.74 Å². The minimum Gasteiger partial charge on any atom is -0.445 e. The van der Waals surface area contributed by atoms with Gasteiger partial charge in [-0.1, -0.05) is 44.2 Å². The van der Waals surface area contributed by atoms with Crippen molar-refractivity contribution in [2.75, 3.05) is 0 Å². The molecule has 0 aliphatic carbocycles. The monoisotopic (exact) mass is 284 g/mol. The molecule has 1 rings (SSSR count). The lowest BCUT2D eigenvalue weighted by molar-refractivity contribution is 0.137. The predicted octanol–water partition coefficient (Wildman–Crippen LogP) is 3.02. The zero-order valence-electron chi connectivity index (χ0n) is 11.1. The van der Waals surface area contributed by atoms with E-state index in [1.165, 1.54) is 0 Å². The van der Waals surface area contributed by atoms with Crippen molar-refractivity contribution in [2.45, 2.75) is 32.7 Å². The van der Waals surface area contributed by atoms with Gasteiger partial charge in [-0.25, -0.2) is 4.79 Å². The summed E-state index contributed by atoms with van der Waals surface area (Å²) in [6.07, 6.45) is -0.238. The van der Waals surface area contributed by atoms with Crippen molar-refractivity contribution in [1.29, 1.82) is 0 Å². The minimum absolute atomic E-state index is 0.142. The Morgan fingerprint density at radius 2 is 2.00 bits per heavy atom. The van der Waals surface area contributed by atoms with E-state index in [1.807, 2.05) is 44.2 Å². The van der Waals surface area contributed by atoms with Gasteiger partial charge in [-0.15, -0.1) is 0 Å². The summed E-state index contributed by atoms with van der Waals surface area (Å²) < 4.78 is 16.1. The van der Waals surface area contributed by atoms with Crippen molar-refractivity contribution < 1.29 is 19.0 Å². The van der Waals surface area contributed by atoms with E-state index in [0.717, 1.165) is 5.56 Å². The summed E-state index contributed by atoms with van der Waals surface area (Å²) >= 11 is 0. The van der Waals surface area contributed by atoms with E-state index in [2.05, 4.69) is 5.32 Å². The van der Waals surface area contributed by atoms with Gasteiger partial charge in [0.1, 0.15) is 6.61 Å². The van der Waals surface area contributed by atoms with E-state index < -0.39 is 19.9 Å². The molecule has 2 N–H and O–H groups in total. The van der Waals surface area contributed by atoms with E-state index in [4.69, 9.17) is 9.63 Å². The average molecular weight is 284 g/mol. The van der Waals surface area contributed by atoms with Crippen LogP contribution < -0.4 is 5.32 Å². The van der Waals surface area contributed by atoms with Crippen molar-refractivity contribution in [3.63, 3.8) is 0 Å². The second-order valence-electron chi connectivity index (χ2n) is 4.65. The van der Waals surface area contributed by atoms with Crippen LogP contribution in [-0.2, 0) is 15.9 Å². The lowest BCUT2D eigenvalue weighted by Gasteiger charge is -2.10. The number of rotatable bonds is 6. The highest BCUT2D eigenvalue weighted by molar-refractivity contribution is 7.38. The van der Waals surface area contributed by atoms with Crippen LogP contribution in [0.1, 0.15) is 25.8 Å². The largest absolute Gasteiger partial charge is 0.530 e. The molecule has 19 heavy (non-hydrogen) atoms. The number of carbonyl (C=O) groups is 1. The fourth-order valence-electron chi connectivity index (χ4n) is 1.55. The zero-order chi connectivity index (χ0) is 14.3. The Kier molecular flexibility index (Phi) is 6.46. The van der Waals surface area contributed by atoms with Crippen molar-refractivity contribution in [3.8, 4) is 0 Å². The van der Waals surface area contributed by atoms with Gasteiger partial charge in [-0.2, -0.15) is 4.89 Å². The molecular weight excluding hydrogens is 265 g/mol. The average Bonchev–Trinajstić information content (AvgIpc) is 2.36. The first-order chi connectivity index (χ1) is 8.99. The summed E-state index contributed by atoms with van der Waals surface area (Å²) in [4.78, 5) is 20.7. The Bertz CT molecular complexity index is 422. The molecule has 1 aromatic rings. The summed E-state index contributed by atoms with van der Waals surface area (Å²) in [5.74, 6) is -0.552. The zero-order valence-corrected chi connectivity index (χ0v) is 12.0. The fourth-order valence-corrected chi connectivity index (χ4v) is 2.37.